The van der Waals surface area contributed by atoms with Crippen molar-refractivity contribution in [3.63, 3.8) is 0 Å². The Hall–Kier alpha value is -0.480. The first kappa shape index (κ1) is 18.6. The van der Waals surface area contributed by atoms with E-state index in [-0.39, 0.29) is 24.4 Å². The third kappa shape index (κ3) is 6.03. The normalized spacial score (nSPS) is 18.9. The zero-order valence-corrected chi connectivity index (χ0v) is 14.3. The molecule has 0 spiro atoms. The summed E-state index contributed by atoms with van der Waals surface area (Å²) in [5, 5.41) is 7.63. The third-order valence-electron chi connectivity index (χ3n) is 3.54. The second kappa shape index (κ2) is 8.84. The first-order valence-corrected chi connectivity index (χ1v) is 7.77. The van der Waals surface area contributed by atoms with E-state index in [1.165, 1.54) is 0 Å². The molecule has 6 heteroatoms. The third-order valence-corrected chi connectivity index (χ3v) is 4.13. The van der Waals surface area contributed by atoms with Gasteiger partial charge in [-0.3, -0.25) is 4.79 Å². The van der Waals surface area contributed by atoms with E-state index in [1.54, 1.807) is 6.07 Å². The molecule has 1 amide bonds. The van der Waals surface area contributed by atoms with E-state index in [1.807, 2.05) is 19.1 Å². The number of carbonyl (C=O) groups excluding carboxylic acids is 1. The van der Waals surface area contributed by atoms with E-state index in [0.717, 1.165) is 24.9 Å². The molecule has 3 nitrogen and oxygen atoms in total. The van der Waals surface area contributed by atoms with Crippen molar-refractivity contribution in [2.24, 2.45) is 0 Å². The molecule has 1 heterocycles. The van der Waals surface area contributed by atoms with Crippen LogP contribution in [0.5, 0.6) is 0 Å². The number of rotatable bonds is 5. The summed E-state index contributed by atoms with van der Waals surface area (Å²) in [7, 11) is 0. The van der Waals surface area contributed by atoms with Crippen LogP contribution < -0.4 is 10.6 Å². The van der Waals surface area contributed by atoms with E-state index in [2.05, 4.69) is 10.6 Å². The van der Waals surface area contributed by atoms with Crippen LogP contribution in [0.1, 0.15) is 31.7 Å². The Morgan fingerprint density at radius 2 is 2.24 bits per heavy atom. The smallest absolute Gasteiger partial charge is 0.221 e. The molecule has 1 fully saturated rings. The van der Waals surface area contributed by atoms with Gasteiger partial charge < -0.3 is 10.6 Å². The molecular weight excluding hydrogens is 331 g/mol. The average molecular weight is 352 g/mol. The fourth-order valence-corrected chi connectivity index (χ4v) is 3.04. The van der Waals surface area contributed by atoms with Gasteiger partial charge in [0.25, 0.3) is 0 Å². The molecule has 2 rings (SSSR count). The molecule has 0 aliphatic carbocycles. The molecule has 118 valence electrons. The lowest BCUT2D eigenvalue weighted by Crippen LogP contribution is -2.37. The Morgan fingerprint density at radius 1 is 1.48 bits per heavy atom. The van der Waals surface area contributed by atoms with E-state index in [9.17, 15) is 4.79 Å². The Kier molecular flexibility index (Phi) is 7.82. The van der Waals surface area contributed by atoms with Gasteiger partial charge in [-0.15, -0.1) is 12.4 Å². The number of amides is 1. The van der Waals surface area contributed by atoms with Crippen LogP contribution in [0.2, 0.25) is 10.0 Å². The number of carbonyl (C=O) groups is 1. The highest BCUT2D eigenvalue weighted by atomic mass is 35.5. The molecule has 2 N–H and O–H groups in total. The van der Waals surface area contributed by atoms with Crippen LogP contribution in [0.15, 0.2) is 18.2 Å². The minimum absolute atomic E-state index is 0. The quantitative estimate of drug-likeness (QED) is 0.851. The summed E-state index contributed by atoms with van der Waals surface area (Å²) >= 11 is 12.0. The van der Waals surface area contributed by atoms with Crippen molar-refractivity contribution in [1.82, 2.24) is 10.6 Å². The summed E-state index contributed by atoms with van der Waals surface area (Å²) in [6, 6.07) is 5.85. The highest BCUT2D eigenvalue weighted by Crippen LogP contribution is 2.22. The zero-order valence-electron chi connectivity index (χ0n) is 12.0. The highest BCUT2D eigenvalue weighted by Gasteiger charge is 2.18. The number of halogens is 3. The number of nitrogens with one attached hydrogen (secondary N) is 2. The van der Waals surface area contributed by atoms with Crippen LogP contribution in [0, 0.1) is 0 Å². The van der Waals surface area contributed by atoms with E-state index >= 15 is 0 Å². The van der Waals surface area contributed by atoms with Gasteiger partial charge in [0.05, 0.1) is 0 Å². The lowest BCUT2D eigenvalue weighted by Gasteiger charge is -2.17. The van der Waals surface area contributed by atoms with Crippen molar-refractivity contribution in [3.05, 3.63) is 33.8 Å². The lowest BCUT2D eigenvalue weighted by atomic mass is 10.1. The zero-order chi connectivity index (χ0) is 14.5. The summed E-state index contributed by atoms with van der Waals surface area (Å²) in [5.74, 6) is 0.0991. The van der Waals surface area contributed by atoms with Crippen molar-refractivity contribution in [1.29, 1.82) is 0 Å². The lowest BCUT2D eigenvalue weighted by molar-refractivity contribution is -0.122. The molecule has 0 saturated carbocycles. The van der Waals surface area contributed by atoms with Crippen molar-refractivity contribution in [3.8, 4) is 0 Å². The minimum Gasteiger partial charge on any atom is -0.353 e. The molecular formula is C15H21Cl3N2O. The van der Waals surface area contributed by atoms with Gasteiger partial charge in [0.15, 0.2) is 0 Å². The summed E-state index contributed by atoms with van der Waals surface area (Å²) < 4.78 is 0. The number of benzene rings is 1. The molecule has 2 unspecified atom stereocenters. The topological polar surface area (TPSA) is 41.1 Å². The van der Waals surface area contributed by atoms with Crippen LogP contribution in [0.4, 0.5) is 0 Å². The van der Waals surface area contributed by atoms with E-state index in [4.69, 9.17) is 23.2 Å². The van der Waals surface area contributed by atoms with Crippen molar-refractivity contribution < 1.29 is 4.79 Å². The molecule has 1 aromatic rings. The molecule has 0 radical (unpaired) electrons. The number of hydrogen-bond donors (Lipinski definition) is 2. The largest absolute Gasteiger partial charge is 0.353 e. The maximum absolute atomic E-state index is 11.9. The van der Waals surface area contributed by atoms with Gasteiger partial charge in [-0.2, -0.15) is 0 Å². The molecule has 1 aliphatic rings. The van der Waals surface area contributed by atoms with Gasteiger partial charge in [0.2, 0.25) is 5.91 Å². The fourth-order valence-electron chi connectivity index (χ4n) is 2.56. The SMILES string of the molecule is CC(Cc1ccc(Cl)cc1Cl)NC(=O)CC1CCCN1.Cl. The van der Waals surface area contributed by atoms with Crippen molar-refractivity contribution in [2.45, 2.75) is 44.7 Å². The standard InChI is InChI=1S/C15H20Cl2N2O.ClH/c1-10(7-11-4-5-12(16)8-14(11)17)19-15(20)9-13-3-2-6-18-13;/h4-5,8,10,13,18H,2-3,6-7,9H2,1H3,(H,19,20);1H. The van der Waals surface area contributed by atoms with Gasteiger partial charge in [0, 0.05) is 28.5 Å². The van der Waals surface area contributed by atoms with Crippen molar-refractivity contribution in [2.75, 3.05) is 6.54 Å². The Labute approximate surface area is 142 Å². The highest BCUT2D eigenvalue weighted by molar-refractivity contribution is 6.35. The predicted molar refractivity (Wildman–Crippen MR) is 90.7 cm³/mol. The van der Waals surface area contributed by atoms with Gasteiger partial charge >= 0.3 is 0 Å². The van der Waals surface area contributed by atoms with E-state index in [0.29, 0.717) is 28.9 Å². The molecule has 2 atom stereocenters. The Bertz CT molecular complexity index is 476. The van der Waals surface area contributed by atoms with Gasteiger partial charge in [-0.05, 0) is 50.4 Å². The van der Waals surface area contributed by atoms with Gasteiger partial charge in [-0.1, -0.05) is 29.3 Å². The second-order valence-corrected chi connectivity index (χ2v) is 6.25. The maximum atomic E-state index is 11.9. The molecule has 1 saturated heterocycles. The average Bonchev–Trinajstić information content (AvgIpc) is 2.85. The monoisotopic (exact) mass is 350 g/mol. The molecule has 1 aromatic carbocycles. The van der Waals surface area contributed by atoms with Crippen molar-refractivity contribution >= 4 is 41.5 Å². The minimum atomic E-state index is 0. The maximum Gasteiger partial charge on any atom is 0.221 e. The van der Waals surface area contributed by atoms with Crippen LogP contribution in [-0.2, 0) is 11.2 Å². The Balaban J connectivity index is 0.00000220. The van der Waals surface area contributed by atoms with Gasteiger partial charge in [-0.25, -0.2) is 0 Å². The predicted octanol–water partition coefficient (Wildman–Crippen LogP) is 3.60. The second-order valence-electron chi connectivity index (χ2n) is 5.41. The Morgan fingerprint density at radius 3 is 2.86 bits per heavy atom. The number of hydrogen-bond acceptors (Lipinski definition) is 2. The first-order chi connectivity index (χ1) is 9.54. The summed E-state index contributed by atoms with van der Waals surface area (Å²) in [5.41, 5.74) is 1.00. The first-order valence-electron chi connectivity index (χ1n) is 7.01. The summed E-state index contributed by atoms with van der Waals surface area (Å²) in [6.45, 7) is 3.01. The van der Waals surface area contributed by atoms with Crippen LogP contribution in [0.3, 0.4) is 0 Å². The summed E-state index contributed by atoms with van der Waals surface area (Å²) in [6.07, 6.45) is 3.51. The summed E-state index contributed by atoms with van der Waals surface area (Å²) in [4.78, 5) is 11.9. The van der Waals surface area contributed by atoms with E-state index < -0.39 is 0 Å². The van der Waals surface area contributed by atoms with Gasteiger partial charge in [0.1, 0.15) is 0 Å². The molecule has 0 bridgehead atoms. The fraction of sp³-hybridized carbons (Fsp3) is 0.533. The molecule has 0 aromatic heterocycles. The molecule has 21 heavy (non-hydrogen) atoms. The van der Waals surface area contributed by atoms with Crippen LogP contribution in [-0.4, -0.2) is 24.5 Å². The van der Waals surface area contributed by atoms with Crippen LogP contribution in [0.25, 0.3) is 0 Å². The van der Waals surface area contributed by atoms with Crippen LogP contribution >= 0.6 is 35.6 Å². The molecule has 1 aliphatic heterocycles.